The number of azide groups is 1. The van der Waals surface area contributed by atoms with Gasteiger partial charge in [0, 0.05) is 23.4 Å². The van der Waals surface area contributed by atoms with Crippen LogP contribution in [0.5, 0.6) is 0 Å². The van der Waals surface area contributed by atoms with Crippen molar-refractivity contribution in [1.29, 1.82) is 0 Å². The number of unbranched alkanes of at least 4 members (excludes halogenated alkanes) is 1. The van der Waals surface area contributed by atoms with Crippen molar-refractivity contribution >= 4 is 0 Å². The summed E-state index contributed by atoms with van der Waals surface area (Å²) in [6.45, 7) is 1.54. The molecule has 1 heterocycles. The van der Waals surface area contributed by atoms with Crippen LogP contribution in [0.3, 0.4) is 0 Å². The molecule has 0 atom stereocenters. The summed E-state index contributed by atoms with van der Waals surface area (Å²) in [6, 6.07) is 6.19. The summed E-state index contributed by atoms with van der Waals surface area (Å²) < 4.78 is 24.4. The number of ether oxygens (including phenoxy) is 2. The van der Waals surface area contributed by atoms with Crippen LogP contribution in [0, 0.1) is 5.82 Å². The first kappa shape index (κ1) is 13.8. The van der Waals surface area contributed by atoms with Crippen LogP contribution in [0.2, 0.25) is 0 Å². The zero-order chi connectivity index (χ0) is 13.6. The van der Waals surface area contributed by atoms with E-state index in [9.17, 15) is 4.39 Å². The summed E-state index contributed by atoms with van der Waals surface area (Å²) in [6.07, 6.45) is 2.26. The lowest BCUT2D eigenvalue weighted by atomic mass is 9.99. The zero-order valence-electron chi connectivity index (χ0n) is 10.6. The van der Waals surface area contributed by atoms with E-state index in [1.54, 1.807) is 12.1 Å². The number of rotatable bonds is 6. The lowest BCUT2D eigenvalue weighted by molar-refractivity contribution is -0.171. The molecule has 1 fully saturated rings. The Morgan fingerprint density at radius 3 is 2.53 bits per heavy atom. The number of hydrogen-bond donors (Lipinski definition) is 0. The lowest BCUT2D eigenvalue weighted by Gasteiger charge is -2.27. The van der Waals surface area contributed by atoms with E-state index < -0.39 is 5.79 Å². The lowest BCUT2D eigenvalue weighted by Crippen LogP contribution is -2.27. The highest BCUT2D eigenvalue weighted by Crippen LogP contribution is 2.36. The fourth-order valence-corrected chi connectivity index (χ4v) is 2.20. The first-order valence-corrected chi connectivity index (χ1v) is 6.32. The van der Waals surface area contributed by atoms with Crippen molar-refractivity contribution in [2.75, 3.05) is 19.8 Å². The third-order valence-corrected chi connectivity index (χ3v) is 3.12. The summed E-state index contributed by atoms with van der Waals surface area (Å²) in [5, 5.41) is 3.49. The molecule has 0 unspecified atom stereocenters. The van der Waals surface area contributed by atoms with Crippen LogP contribution in [-0.2, 0) is 15.3 Å². The van der Waals surface area contributed by atoms with Gasteiger partial charge in [-0.1, -0.05) is 17.2 Å². The maximum Gasteiger partial charge on any atom is 0.194 e. The van der Waals surface area contributed by atoms with Gasteiger partial charge in [0.15, 0.2) is 5.79 Å². The van der Waals surface area contributed by atoms with Gasteiger partial charge in [-0.2, -0.15) is 0 Å². The van der Waals surface area contributed by atoms with E-state index in [1.807, 2.05) is 0 Å². The highest BCUT2D eigenvalue weighted by atomic mass is 19.1. The van der Waals surface area contributed by atoms with Crippen LogP contribution in [0.4, 0.5) is 4.39 Å². The van der Waals surface area contributed by atoms with Crippen molar-refractivity contribution in [2.45, 2.75) is 25.0 Å². The fraction of sp³-hybridized carbons (Fsp3) is 0.538. The smallest absolute Gasteiger partial charge is 0.194 e. The van der Waals surface area contributed by atoms with Gasteiger partial charge in [0.1, 0.15) is 5.82 Å². The van der Waals surface area contributed by atoms with E-state index in [-0.39, 0.29) is 5.82 Å². The van der Waals surface area contributed by atoms with Gasteiger partial charge in [-0.3, -0.25) is 0 Å². The molecule has 1 aliphatic rings. The molecular weight excluding hydrogens is 249 g/mol. The summed E-state index contributed by atoms with van der Waals surface area (Å²) >= 11 is 0. The Morgan fingerprint density at radius 1 is 1.21 bits per heavy atom. The first-order valence-electron chi connectivity index (χ1n) is 6.32. The average molecular weight is 265 g/mol. The summed E-state index contributed by atoms with van der Waals surface area (Å²) in [5.41, 5.74) is 9.03. The fourth-order valence-electron chi connectivity index (χ4n) is 2.20. The van der Waals surface area contributed by atoms with Crippen molar-refractivity contribution in [1.82, 2.24) is 0 Å². The van der Waals surface area contributed by atoms with Crippen LogP contribution in [0.15, 0.2) is 29.4 Å². The summed E-state index contributed by atoms with van der Waals surface area (Å²) in [4.78, 5) is 2.71. The second-order valence-corrected chi connectivity index (χ2v) is 4.37. The van der Waals surface area contributed by atoms with Crippen molar-refractivity contribution in [2.24, 2.45) is 5.11 Å². The third-order valence-electron chi connectivity index (χ3n) is 3.12. The Morgan fingerprint density at radius 2 is 1.89 bits per heavy atom. The van der Waals surface area contributed by atoms with Gasteiger partial charge in [0.25, 0.3) is 0 Å². The van der Waals surface area contributed by atoms with E-state index in [2.05, 4.69) is 10.0 Å². The van der Waals surface area contributed by atoms with E-state index in [0.29, 0.717) is 26.2 Å². The van der Waals surface area contributed by atoms with Gasteiger partial charge in [-0.05, 0) is 30.5 Å². The Kier molecular flexibility index (Phi) is 4.74. The van der Waals surface area contributed by atoms with E-state index in [0.717, 1.165) is 18.4 Å². The van der Waals surface area contributed by atoms with Crippen LogP contribution in [0.25, 0.3) is 10.4 Å². The molecule has 1 saturated heterocycles. The van der Waals surface area contributed by atoms with Crippen molar-refractivity contribution in [3.05, 3.63) is 46.1 Å². The van der Waals surface area contributed by atoms with Crippen LogP contribution >= 0.6 is 0 Å². The second kappa shape index (κ2) is 6.52. The largest absolute Gasteiger partial charge is 0.343 e. The van der Waals surface area contributed by atoms with Gasteiger partial charge >= 0.3 is 0 Å². The zero-order valence-corrected chi connectivity index (χ0v) is 10.6. The predicted molar refractivity (Wildman–Crippen MR) is 67.8 cm³/mol. The van der Waals surface area contributed by atoms with Gasteiger partial charge in [0.05, 0.1) is 13.2 Å². The minimum atomic E-state index is -0.774. The normalized spacial score (nSPS) is 17.1. The van der Waals surface area contributed by atoms with E-state index in [4.69, 9.17) is 15.0 Å². The average Bonchev–Trinajstić information content (AvgIpc) is 2.89. The predicted octanol–water partition coefficient (Wildman–Crippen LogP) is 3.51. The molecule has 0 aliphatic carbocycles. The molecule has 2 rings (SSSR count). The molecule has 0 bridgehead atoms. The van der Waals surface area contributed by atoms with Crippen LogP contribution in [0.1, 0.15) is 24.8 Å². The Labute approximate surface area is 111 Å². The molecule has 1 aromatic rings. The highest BCUT2D eigenvalue weighted by Gasteiger charge is 2.37. The van der Waals surface area contributed by atoms with Gasteiger partial charge < -0.3 is 9.47 Å². The Balaban J connectivity index is 2.01. The molecule has 0 saturated carbocycles. The molecule has 1 aromatic carbocycles. The molecular formula is C13H16FN3O2. The highest BCUT2D eigenvalue weighted by molar-refractivity contribution is 5.21. The number of nitrogens with zero attached hydrogens (tertiary/aromatic N) is 3. The monoisotopic (exact) mass is 265 g/mol. The number of halogens is 1. The van der Waals surface area contributed by atoms with Crippen molar-refractivity contribution < 1.29 is 13.9 Å². The van der Waals surface area contributed by atoms with Crippen molar-refractivity contribution in [3.8, 4) is 0 Å². The maximum absolute atomic E-state index is 13.0. The van der Waals surface area contributed by atoms with Gasteiger partial charge in [-0.25, -0.2) is 4.39 Å². The quantitative estimate of drug-likeness (QED) is 0.342. The molecule has 0 spiro atoms. The molecule has 6 heteroatoms. The first-order chi connectivity index (χ1) is 9.27. The topological polar surface area (TPSA) is 67.2 Å². The number of hydrogen-bond acceptors (Lipinski definition) is 3. The SMILES string of the molecule is [N-]=[N+]=NCCCCC1(c2ccc(F)cc2)OCCO1. The van der Waals surface area contributed by atoms with E-state index in [1.165, 1.54) is 12.1 Å². The molecule has 0 aromatic heterocycles. The molecule has 102 valence electrons. The molecule has 0 N–H and O–H groups in total. The Hall–Kier alpha value is -1.62. The van der Waals surface area contributed by atoms with Crippen molar-refractivity contribution in [3.63, 3.8) is 0 Å². The molecule has 19 heavy (non-hydrogen) atoms. The Bertz CT molecular complexity index is 451. The molecule has 0 radical (unpaired) electrons. The second-order valence-electron chi connectivity index (χ2n) is 4.37. The summed E-state index contributed by atoms with van der Waals surface area (Å²) in [5.74, 6) is -1.05. The van der Waals surface area contributed by atoms with Crippen LogP contribution in [-0.4, -0.2) is 19.8 Å². The summed E-state index contributed by atoms with van der Waals surface area (Å²) in [7, 11) is 0. The standard InChI is InChI=1S/C13H16FN3O2/c14-12-5-3-11(4-6-12)13(18-9-10-19-13)7-1-2-8-16-17-15/h3-6H,1-2,7-10H2. The van der Waals surface area contributed by atoms with E-state index >= 15 is 0 Å². The molecule has 1 aliphatic heterocycles. The van der Waals surface area contributed by atoms with Gasteiger partial charge in [-0.15, -0.1) is 0 Å². The van der Waals surface area contributed by atoms with Crippen LogP contribution < -0.4 is 0 Å². The minimum absolute atomic E-state index is 0.278. The third kappa shape index (κ3) is 3.44. The maximum atomic E-state index is 13.0. The number of benzene rings is 1. The molecule has 0 amide bonds. The minimum Gasteiger partial charge on any atom is -0.343 e. The molecule has 5 nitrogen and oxygen atoms in total. The van der Waals surface area contributed by atoms with Gasteiger partial charge in [0.2, 0.25) is 0 Å².